The van der Waals surface area contributed by atoms with Crippen LogP contribution in [0.5, 0.6) is 0 Å². The Morgan fingerprint density at radius 2 is 1.68 bits per heavy atom. The molecule has 0 amide bonds. The van der Waals surface area contributed by atoms with E-state index in [-0.39, 0.29) is 0 Å². The van der Waals surface area contributed by atoms with Crippen LogP contribution in [-0.2, 0) is 7.05 Å². The van der Waals surface area contributed by atoms with Gasteiger partial charge in [-0.2, -0.15) is 5.10 Å². The first-order chi connectivity index (χ1) is 15.2. The lowest BCUT2D eigenvalue weighted by Gasteiger charge is -2.03. The Hall–Kier alpha value is -4.40. The number of hydrogen-bond acceptors (Lipinski definition) is 6. The maximum absolute atomic E-state index is 4.87. The highest BCUT2D eigenvalue weighted by atomic mass is 15.2. The molecule has 0 fully saturated rings. The molecule has 0 aliphatic carbocycles. The lowest BCUT2D eigenvalue weighted by molar-refractivity contribution is 0.862. The zero-order chi connectivity index (χ0) is 20.9. The molecular formula is C22H17N9. The summed E-state index contributed by atoms with van der Waals surface area (Å²) in [6.07, 6.45) is 7.09. The summed E-state index contributed by atoms with van der Waals surface area (Å²) in [6, 6.07) is 9.68. The van der Waals surface area contributed by atoms with Gasteiger partial charge in [0.05, 0.1) is 34.3 Å². The lowest BCUT2D eigenvalue weighted by Crippen LogP contribution is -1.96. The minimum atomic E-state index is 0.635. The number of aromatic amines is 2. The number of aryl methyl sites for hydroxylation is 1. The van der Waals surface area contributed by atoms with E-state index in [9.17, 15) is 0 Å². The molecule has 6 aromatic heterocycles. The van der Waals surface area contributed by atoms with E-state index in [2.05, 4.69) is 30.1 Å². The van der Waals surface area contributed by atoms with Crippen molar-refractivity contribution in [2.45, 2.75) is 6.92 Å². The van der Waals surface area contributed by atoms with Gasteiger partial charge >= 0.3 is 0 Å². The molecule has 6 aromatic rings. The molecular weight excluding hydrogens is 390 g/mol. The van der Waals surface area contributed by atoms with Gasteiger partial charge in [0.2, 0.25) is 0 Å². The molecule has 150 valence electrons. The highest BCUT2D eigenvalue weighted by Gasteiger charge is 2.18. The normalized spacial score (nSPS) is 11.5. The second-order valence-electron chi connectivity index (χ2n) is 7.29. The predicted molar refractivity (Wildman–Crippen MR) is 117 cm³/mol. The monoisotopic (exact) mass is 407 g/mol. The molecule has 2 N–H and O–H groups in total. The van der Waals surface area contributed by atoms with Crippen molar-refractivity contribution in [3.63, 3.8) is 0 Å². The van der Waals surface area contributed by atoms with Crippen molar-refractivity contribution in [3.8, 4) is 34.2 Å². The van der Waals surface area contributed by atoms with Crippen LogP contribution in [0, 0.1) is 6.92 Å². The molecule has 6 heterocycles. The van der Waals surface area contributed by atoms with Gasteiger partial charge in [0.25, 0.3) is 0 Å². The van der Waals surface area contributed by atoms with Crippen molar-refractivity contribution < 1.29 is 0 Å². The first-order valence-corrected chi connectivity index (χ1v) is 9.78. The maximum atomic E-state index is 4.87. The molecule has 0 unspecified atom stereocenters. The average molecular weight is 407 g/mol. The molecule has 0 radical (unpaired) electrons. The highest BCUT2D eigenvalue weighted by Crippen LogP contribution is 2.30. The van der Waals surface area contributed by atoms with Gasteiger partial charge in [-0.05, 0) is 37.3 Å². The number of hydrogen-bond donors (Lipinski definition) is 2. The van der Waals surface area contributed by atoms with Crippen LogP contribution in [0.4, 0.5) is 0 Å². The maximum Gasteiger partial charge on any atom is 0.161 e. The number of H-pyrrole nitrogens is 2. The van der Waals surface area contributed by atoms with E-state index in [0.29, 0.717) is 11.5 Å². The van der Waals surface area contributed by atoms with E-state index < -0.39 is 0 Å². The molecule has 9 heteroatoms. The zero-order valence-electron chi connectivity index (χ0n) is 16.8. The van der Waals surface area contributed by atoms with E-state index in [1.807, 2.05) is 55.1 Å². The van der Waals surface area contributed by atoms with Gasteiger partial charge in [-0.1, -0.05) is 0 Å². The van der Waals surface area contributed by atoms with Crippen LogP contribution < -0.4 is 0 Å². The van der Waals surface area contributed by atoms with Crippen LogP contribution in [0.25, 0.3) is 56.2 Å². The van der Waals surface area contributed by atoms with Crippen molar-refractivity contribution in [2.24, 2.45) is 7.05 Å². The summed E-state index contributed by atoms with van der Waals surface area (Å²) in [5.41, 5.74) is 7.42. The summed E-state index contributed by atoms with van der Waals surface area (Å²) >= 11 is 0. The molecule has 0 bridgehead atoms. The Morgan fingerprint density at radius 1 is 0.839 bits per heavy atom. The Morgan fingerprint density at radius 3 is 2.48 bits per heavy atom. The molecule has 6 rings (SSSR count). The largest absolute Gasteiger partial charge is 0.336 e. The van der Waals surface area contributed by atoms with E-state index >= 15 is 0 Å². The van der Waals surface area contributed by atoms with E-state index in [1.165, 1.54) is 0 Å². The molecule has 9 nitrogen and oxygen atoms in total. The number of rotatable bonds is 3. The fourth-order valence-corrected chi connectivity index (χ4v) is 3.72. The average Bonchev–Trinajstić information content (AvgIpc) is 3.50. The number of imidazole rings is 2. The van der Waals surface area contributed by atoms with Crippen LogP contribution in [0.15, 0.2) is 55.1 Å². The van der Waals surface area contributed by atoms with E-state index in [1.54, 1.807) is 18.6 Å². The number of pyridine rings is 3. The molecule has 0 aromatic carbocycles. The number of fused-ring (bicyclic) bond motifs is 2. The van der Waals surface area contributed by atoms with Crippen LogP contribution in [0.3, 0.4) is 0 Å². The first kappa shape index (κ1) is 17.5. The van der Waals surface area contributed by atoms with Crippen LogP contribution in [0.2, 0.25) is 0 Å². The molecule has 0 saturated heterocycles. The van der Waals surface area contributed by atoms with Gasteiger partial charge in [-0.25, -0.2) is 15.0 Å². The standard InChI is InChI=1S/C22H17N9/c1-12-25-11-17(31(12)2)14-3-4-16-20(26-14)21(30-29-16)22-27-15-7-10-24-18(19(15)28-22)13-5-8-23-9-6-13/h3-11H,1-2H3,(H,27,28)(H,29,30). The van der Waals surface area contributed by atoms with Crippen molar-refractivity contribution in [1.82, 2.24) is 44.7 Å². The number of nitrogens with zero attached hydrogens (tertiary/aromatic N) is 7. The Balaban J connectivity index is 1.52. The third-order valence-corrected chi connectivity index (χ3v) is 5.47. The summed E-state index contributed by atoms with van der Waals surface area (Å²) in [5, 5.41) is 7.55. The molecule has 0 saturated carbocycles. The van der Waals surface area contributed by atoms with Gasteiger partial charge in [0, 0.05) is 31.2 Å². The van der Waals surface area contributed by atoms with Crippen LogP contribution in [0.1, 0.15) is 5.82 Å². The smallest absolute Gasteiger partial charge is 0.161 e. The first-order valence-electron chi connectivity index (χ1n) is 9.78. The van der Waals surface area contributed by atoms with Crippen molar-refractivity contribution in [2.75, 3.05) is 0 Å². The number of nitrogens with one attached hydrogen (secondary N) is 2. The van der Waals surface area contributed by atoms with Crippen LogP contribution >= 0.6 is 0 Å². The topological polar surface area (TPSA) is 114 Å². The van der Waals surface area contributed by atoms with Gasteiger partial charge in [-0.3, -0.25) is 15.1 Å². The third kappa shape index (κ3) is 2.71. The highest BCUT2D eigenvalue weighted by molar-refractivity contribution is 5.94. The van der Waals surface area contributed by atoms with Gasteiger partial charge < -0.3 is 9.55 Å². The molecule has 0 atom stereocenters. The third-order valence-electron chi connectivity index (χ3n) is 5.47. The minimum absolute atomic E-state index is 0.635. The Bertz CT molecular complexity index is 1560. The second-order valence-corrected chi connectivity index (χ2v) is 7.29. The SMILES string of the molecule is Cc1ncc(-c2ccc3[nH]nc(-c4nc5c(-c6ccncc6)nccc5[nH]4)c3n2)n1C. The van der Waals surface area contributed by atoms with E-state index in [0.717, 1.165) is 50.5 Å². The zero-order valence-corrected chi connectivity index (χ0v) is 16.8. The summed E-state index contributed by atoms with van der Waals surface area (Å²) in [4.78, 5) is 26.1. The Labute approximate surface area is 176 Å². The summed E-state index contributed by atoms with van der Waals surface area (Å²) in [6.45, 7) is 1.97. The fraction of sp³-hybridized carbons (Fsp3) is 0.0909. The summed E-state index contributed by atoms with van der Waals surface area (Å²) in [7, 11) is 1.98. The number of aromatic nitrogens is 9. The van der Waals surface area contributed by atoms with Gasteiger partial charge in [0.15, 0.2) is 11.5 Å². The fourth-order valence-electron chi connectivity index (χ4n) is 3.72. The van der Waals surface area contributed by atoms with Crippen molar-refractivity contribution >= 4 is 22.1 Å². The predicted octanol–water partition coefficient (Wildman–Crippen LogP) is 3.67. The summed E-state index contributed by atoms with van der Waals surface area (Å²) < 4.78 is 2.02. The minimum Gasteiger partial charge on any atom is -0.336 e. The molecule has 0 aliphatic heterocycles. The van der Waals surface area contributed by atoms with Crippen LogP contribution in [-0.4, -0.2) is 44.7 Å². The lowest BCUT2D eigenvalue weighted by atomic mass is 10.1. The molecule has 0 aliphatic rings. The second kappa shape index (κ2) is 6.56. The molecule has 0 spiro atoms. The van der Waals surface area contributed by atoms with Crippen molar-refractivity contribution in [1.29, 1.82) is 0 Å². The van der Waals surface area contributed by atoms with Crippen molar-refractivity contribution in [3.05, 3.63) is 60.9 Å². The molecule has 31 heavy (non-hydrogen) atoms. The van der Waals surface area contributed by atoms with Gasteiger partial charge in [-0.15, -0.1) is 0 Å². The van der Waals surface area contributed by atoms with E-state index in [4.69, 9.17) is 9.97 Å². The Kier molecular flexibility index (Phi) is 3.69. The summed E-state index contributed by atoms with van der Waals surface area (Å²) in [5.74, 6) is 1.56. The van der Waals surface area contributed by atoms with Gasteiger partial charge in [0.1, 0.15) is 16.9 Å². The quantitative estimate of drug-likeness (QED) is 0.463.